The van der Waals surface area contributed by atoms with Gasteiger partial charge in [0.1, 0.15) is 23.1 Å². The molecule has 2 saturated heterocycles. The molecule has 0 saturated carbocycles. The van der Waals surface area contributed by atoms with Gasteiger partial charge in [0.25, 0.3) is 0 Å². The minimum Gasteiger partial charge on any atom is -0.467 e. The Kier molecular flexibility index (Phi) is 6.62. The van der Waals surface area contributed by atoms with Gasteiger partial charge in [0.15, 0.2) is 0 Å². The van der Waals surface area contributed by atoms with Crippen LogP contribution in [0.15, 0.2) is 35.9 Å². The van der Waals surface area contributed by atoms with Crippen molar-refractivity contribution in [2.75, 3.05) is 19.0 Å². The van der Waals surface area contributed by atoms with Crippen molar-refractivity contribution < 1.29 is 28.7 Å². The SMILES string of the molecule is COC(=O)[C@H]1C[C@@]2(C(=O)Nc3ccccc32)[C@H](C=C(C)C)N1C(=O)[C@@H]1CCCN1C(=O)OC(C)(C)C. The minimum atomic E-state index is -1.16. The van der Waals surface area contributed by atoms with Gasteiger partial charge in [0.05, 0.1) is 13.2 Å². The topological polar surface area (TPSA) is 105 Å². The Labute approximate surface area is 211 Å². The van der Waals surface area contributed by atoms with Crippen molar-refractivity contribution in [2.45, 2.75) is 83.0 Å². The number of ether oxygens (including phenoxy) is 2. The highest BCUT2D eigenvalue weighted by Crippen LogP contribution is 2.51. The lowest BCUT2D eigenvalue weighted by Gasteiger charge is -2.36. The molecule has 36 heavy (non-hydrogen) atoms. The molecule has 4 atom stereocenters. The second-order valence-electron chi connectivity index (χ2n) is 11.0. The molecule has 4 rings (SSSR count). The molecule has 2 fully saturated rings. The largest absolute Gasteiger partial charge is 0.467 e. The van der Waals surface area contributed by atoms with E-state index in [0.29, 0.717) is 25.1 Å². The average molecular weight is 498 g/mol. The van der Waals surface area contributed by atoms with Crippen molar-refractivity contribution in [2.24, 2.45) is 0 Å². The zero-order chi connectivity index (χ0) is 26.4. The summed E-state index contributed by atoms with van der Waals surface area (Å²) < 4.78 is 10.7. The third kappa shape index (κ3) is 4.24. The number of nitrogens with one attached hydrogen (secondary N) is 1. The Balaban J connectivity index is 1.80. The summed E-state index contributed by atoms with van der Waals surface area (Å²) in [5, 5.41) is 2.95. The summed E-state index contributed by atoms with van der Waals surface area (Å²) in [6.07, 6.45) is 2.47. The molecule has 0 aromatic heterocycles. The van der Waals surface area contributed by atoms with E-state index >= 15 is 0 Å². The number of rotatable bonds is 3. The third-order valence-electron chi connectivity index (χ3n) is 7.10. The molecule has 194 valence electrons. The normalized spacial score (nSPS) is 27.1. The van der Waals surface area contributed by atoms with Crippen LogP contribution < -0.4 is 5.32 Å². The van der Waals surface area contributed by atoms with Crippen molar-refractivity contribution in [3.63, 3.8) is 0 Å². The molecule has 1 aromatic rings. The van der Waals surface area contributed by atoms with Crippen molar-refractivity contribution >= 4 is 29.6 Å². The Hall–Kier alpha value is -3.36. The van der Waals surface area contributed by atoms with E-state index in [1.807, 2.05) is 44.2 Å². The van der Waals surface area contributed by atoms with Gasteiger partial charge in [-0.25, -0.2) is 9.59 Å². The van der Waals surface area contributed by atoms with E-state index in [4.69, 9.17) is 9.47 Å². The van der Waals surface area contributed by atoms with Gasteiger partial charge in [0, 0.05) is 12.2 Å². The summed E-state index contributed by atoms with van der Waals surface area (Å²) in [5.41, 5.74) is 0.448. The first-order chi connectivity index (χ1) is 16.9. The predicted molar refractivity (Wildman–Crippen MR) is 133 cm³/mol. The van der Waals surface area contributed by atoms with Crippen molar-refractivity contribution in [1.29, 1.82) is 0 Å². The summed E-state index contributed by atoms with van der Waals surface area (Å²) in [7, 11) is 1.27. The van der Waals surface area contributed by atoms with Crippen LogP contribution in [0.4, 0.5) is 10.5 Å². The van der Waals surface area contributed by atoms with Crippen molar-refractivity contribution in [3.05, 3.63) is 41.5 Å². The maximum Gasteiger partial charge on any atom is 0.410 e. The summed E-state index contributed by atoms with van der Waals surface area (Å²) in [5.74, 6) is -1.23. The second-order valence-corrected chi connectivity index (χ2v) is 11.0. The molecule has 1 aromatic carbocycles. The lowest BCUT2D eigenvalue weighted by molar-refractivity contribution is -0.153. The van der Waals surface area contributed by atoms with Crippen LogP contribution in [0.5, 0.6) is 0 Å². The number of anilines is 1. The number of likely N-dealkylation sites (tertiary alicyclic amines) is 2. The van der Waals surface area contributed by atoms with Crippen LogP contribution >= 0.6 is 0 Å². The summed E-state index contributed by atoms with van der Waals surface area (Å²) >= 11 is 0. The quantitative estimate of drug-likeness (QED) is 0.507. The maximum absolute atomic E-state index is 14.2. The number of para-hydroxylation sites is 1. The van der Waals surface area contributed by atoms with Crippen LogP contribution in [0.25, 0.3) is 0 Å². The first-order valence-electron chi connectivity index (χ1n) is 12.4. The molecular formula is C27H35N3O6. The number of nitrogens with zero attached hydrogens (tertiary/aromatic N) is 2. The maximum atomic E-state index is 14.2. The van der Waals surface area contributed by atoms with Crippen LogP contribution in [-0.2, 0) is 29.3 Å². The lowest BCUT2D eigenvalue weighted by atomic mass is 9.73. The van der Waals surface area contributed by atoms with Gasteiger partial charge in [0.2, 0.25) is 11.8 Å². The highest BCUT2D eigenvalue weighted by Gasteiger charge is 2.64. The van der Waals surface area contributed by atoms with E-state index in [0.717, 1.165) is 11.1 Å². The summed E-state index contributed by atoms with van der Waals surface area (Å²) in [6.45, 7) is 9.49. The monoisotopic (exact) mass is 497 g/mol. The molecule has 9 nitrogen and oxygen atoms in total. The van der Waals surface area contributed by atoms with Crippen LogP contribution in [0, 0.1) is 0 Å². The smallest absolute Gasteiger partial charge is 0.410 e. The fraction of sp³-hybridized carbons (Fsp3) is 0.556. The molecule has 1 spiro atoms. The zero-order valence-electron chi connectivity index (χ0n) is 21.8. The fourth-order valence-electron chi connectivity index (χ4n) is 5.69. The first-order valence-corrected chi connectivity index (χ1v) is 12.4. The van der Waals surface area contributed by atoms with Gasteiger partial charge in [-0.3, -0.25) is 14.5 Å². The molecule has 0 aliphatic carbocycles. The van der Waals surface area contributed by atoms with Gasteiger partial charge in [-0.05, 0) is 65.5 Å². The third-order valence-corrected chi connectivity index (χ3v) is 7.10. The zero-order valence-corrected chi connectivity index (χ0v) is 21.8. The number of methoxy groups -OCH3 is 1. The molecule has 0 bridgehead atoms. The highest BCUT2D eigenvalue weighted by molar-refractivity contribution is 6.09. The summed E-state index contributed by atoms with van der Waals surface area (Å²) in [4.78, 5) is 56.8. The number of allylic oxidation sites excluding steroid dienone is 1. The number of hydrogen-bond donors (Lipinski definition) is 1. The van der Waals surface area contributed by atoms with Crippen LogP contribution in [0.2, 0.25) is 0 Å². The van der Waals surface area contributed by atoms with E-state index < -0.39 is 41.2 Å². The predicted octanol–water partition coefficient (Wildman–Crippen LogP) is 3.38. The van der Waals surface area contributed by atoms with Gasteiger partial charge in [-0.15, -0.1) is 0 Å². The molecule has 3 aliphatic heterocycles. The summed E-state index contributed by atoms with van der Waals surface area (Å²) in [6, 6.07) is 4.85. The Bertz CT molecular complexity index is 1120. The Morgan fingerprint density at radius 2 is 1.83 bits per heavy atom. The lowest BCUT2D eigenvalue weighted by Crippen LogP contribution is -2.56. The van der Waals surface area contributed by atoms with E-state index in [1.165, 1.54) is 16.9 Å². The Morgan fingerprint density at radius 3 is 2.47 bits per heavy atom. The van der Waals surface area contributed by atoms with E-state index in [2.05, 4.69) is 5.32 Å². The molecule has 9 heteroatoms. The number of esters is 1. The molecule has 1 N–H and O–H groups in total. The van der Waals surface area contributed by atoms with Gasteiger partial charge >= 0.3 is 12.1 Å². The number of carbonyl (C=O) groups excluding carboxylic acids is 4. The average Bonchev–Trinajstić information content (AvgIpc) is 3.48. The van der Waals surface area contributed by atoms with E-state index in [1.54, 1.807) is 20.8 Å². The van der Waals surface area contributed by atoms with Gasteiger partial charge in [-0.1, -0.05) is 29.8 Å². The standard InChI is InChI=1S/C27H35N3O6/c1-16(2)14-21-27(17-10-7-8-11-18(17)28-24(27)33)15-20(23(32)35-6)30(21)22(31)19-12-9-13-29(19)25(34)36-26(3,4)5/h7-8,10-11,14,19-21H,9,12-13,15H2,1-6H3,(H,28,33)/t19-,20+,21-,27-/m0/s1. The second kappa shape index (κ2) is 9.26. The first kappa shape index (κ1) is 25.7. The molecule has 3 aliphatic rings. The van der Waals surface area contributed by atoms with Gasteiger partial charge < -0.3 is 19.7 Å². The Morgan fingerprint density at radius 1 is 1.14 bits per heavy atom. The van der Waals surface area contributed by atoms with E-state index in [9.17, 15) is 19.2 Å². The minimum absolute atomic E-state index is 0.0852. The van der Waals surface area contributed by atoms with Gasteiger partial charge in [-0.2, -0.15) is 0 Å². The molecule has 3 amide bonds. The number of carbonyl (C=O) groups is 4. The van der Waals surface area contributed by atoms with Crippen LogP contribution in [-0.4, -0.2) is 71.1 Å². The highest BCUT2D eigenvalue weighted by atomic mass is 16.6. The van der Waals surface area contributed by atoms with Crippen molar-refractivity contribution in [3.8, 4) is 0 Å². The number of fused-ring (bicyclic) bond motifs is 2. The molecule has 3 heterocycles. The van der Waals surface area contributed by atoms with E-state index in [-0.39, 0.29) is 18.2 Å². The van der Waals surface area contributed by atoms with Crippen molar-refractivity contribution in [1.82, 2.24) is 9.80 Å². The molecule has 0 unspecified atom stereocenters. The number of amides is 3. The fourth-order valence-corrected chi connectivity index (χ4v) is 5.69. The number of benzene rings is 1. The number of hydrogen-bond acceptors (Lipinski definition) is 6. The van der Waals surface area contributed by atoms with Crippen LogP contribution in [0.1, 0.15) is 59.4 Å². The van der Waals surface area contributed by atoms with Crippen LogP contribution in [0.3, 0.4) is 0 Å². The molecular weight excluding hydrogens is 462 g/mol. The molecule has 0 radical (unpaired) electrons.